The summed E-state index contributed by atoms with van der Waals surface area (Å²) in [5, 5.41) is 14.5. The van der Waals surface area contributed by atoms with E-state index >= 15 is 0 Å². The second-order valence-corrected chi connectivity index (χ2v) is 10.2. The van der Waals surface area contributed by atoms with Crippen LogP contribution in [0.3, 0.4) is 0 Å². The van der Waals surface area contributed by atoms with E-state index in [4.69, 9.17) is 9.72 Å². The summed E-state index contributed by atoms with van der Waals surface area (Å²) in [5.41, 5.74) is 3.96. The molecule has 2 aromatic carbocycles. The Hall–Kier alpha value is -3.19. The first-order chi connectivity index (χ1) is 17.2. The molecule has 1 heterocycles. The maximum absolute atomic E-state index is 12.5. The molecule has 1 aliphatic rings. The number of ether oxygens (including phenoxy) is 1. The minimum absolute atomic E-state index is 0.0146. The molecule has 1 fully saturated rings. The molecule has 1 aromatic heterocycles. The molecule has 7 nitrogen and oxygen atoms in total. The highest BCUT2D eigenvalue weighted by Gasteiger charge is 2.30. The van der Waals surface area contributed by atoms with Crippen molar-refractivity contribution < 1.29 is 14.6 Å². The van der Waals surface area contributed by atoms with E-state index in [1.807, 2.05) is 45.3 Å². The van der Waals surface area contributed by atoms with E-state index < -0.39 is 6.10 Å². The summed E-state index contributed by atoms with van der Waals surface area (Å²) < 4.78 is 5.81. The number of aryl methyl sites for hydroxylation is 1. The predicted molar refractivity (Wildman–Crippen MR) is 143 cm³/mol. The number of aliphatic hydroxyl groups is 1. The predicted octanol–water partition coefficient (Wildman–Crippen LogP) is 5.54. The van der Waals surface area contributed by atoms with Gasteiger partial charge in [-0.3, -0.25) is 4.79 Å². The molecule has 1 amide bonds. The summed E-state index contributed by atoms with van der Waals surface area (Å²) in [6, 6.07) is 12.2. The molecule has 2 atom stereocenters. The fraction of sp³-hybridized carbons (Fsp3) is 0.483. The number of hydrogen-bond donors (Lipinski definition) is 2. The van der Waals surface area contributed by atoms with Crippen LogP contribution < -0.4 is 10.1 Å². The number of aromatic nitrogens is 2. The van der Waals surface area contributed by atoms with Crippen molar-refractivity contribution in [3.63, 3.8) is 0 Å². The van der Waals surface area contributed by atoms with Crippen LogP contribution in [0, 0.1) is 12.8 Å². The summed E-state index contributed by atoms with van der Waals surface area (Å²) in [5.74, 6) is 2.96. The maximum atomic E-state index is 12.5. The Balaban J connectivity index is 1.66. The zero-order valence-corrected chi connectivity index (χ0v) is 22.2. The van der Waals surface area contributed by atoms with Crippen LogP contribution in [0.5, 0.6) is 5.75 Å². The van der Waals surface area contributed by atoms with Crippen LogP contribution in [0.2, 0.25) is 0 Å². The van der Waals surface area contributed by atoms with E-state index in [0.717, 1.165) is 64.8 Å². The Kier molecular flexibility index (Phi) is 7.79. The molecule has 1 unspecified atom stereocenters. The highest BCUT2D eigenvalue weighted by Crippen LogP contribution is 2.42. The number of nitrogens with one attached hydrogen (secondary N) is 1. The van der Waals surface area contributed by atoms with Crippen LogP contribution in [0.25, 0.3) is 10.9 Å². The van der Waals surface area contributed by atoms with E-state index in [0.29, 0.717) is 11.7 Å². The zero-order valence-electron chi connectivity index (χ0n) is 22.2. The van der Waals surface area contributed by atoms with Crippen molar-refractivity contribution in [3.8, 4) is 5.75 Å². The lowest BCUT2D eigenvalue weighted by atomic mass is 9.77. The maximum Gasteiger partial charge on any atom is 0.225 e. The lowest BCUT2D eigenvalue weighted by Crippen LogP contribution is -2.32. The monoisotopic (exact) mass is 490 g/mol. The van der Waals surface area contributed by atoms with Crippen molar-refractivity contribution >= 4 is 22.6 Å². The molecule has 1 saturated carbocycles. The van der Waals surface area contributed by atoms with Gasteiger partial charge in [0.15, 0.2) is 0 Å². The zero-order chi connectivity index (χ0) is 26.0. The highest BCUT2D eigenvalue weighted by molar-refractivity contribution is 5.91. The van der Waals surface area contributed by atoms with Crippen LogP contribution in [0.1, 0.15) is 80.1 Å². The van der Waals surface area contributed by atoms with Crippen molar-refractivity contribution in [2.75, 3.05) is 26.5 Å². The quantitative estimate of drug-likeness (QED) is 0.452. The third-order valence-electron chi connectivity index (χ3n) is 7.36. The van der Waals surface area contributed by atoms with E-state index in [2.05, 4.69) is 29.4 Å². The summed E-state index contributed by atoms with van der Waals surface area (Å²) in [4.78, 5) is 23.6. The molecule has 7 heteroatoms. The van der Waals surface area contributed by atoms with E-state index in [1.54, 1.807) is 18.9 Å². The van der Waals surface area contributed by atoms with E-state index in [9.17, 15) is 9.90 Å². The molecule has 0 saturated heterocycles. The molecule has 0 radical (unpaired) electrons. The van der Waals surface area contributed by atoms with Gasteiger partial charge in [-0.25, -0.2) is 9.97 Å². The first-order valence-electron chi connectivity index (χ1n) is 12.8. The van der Waals surface area contributed by atoms with Crippen LogP contribution in [-0.4, -0.2) is 47.1 Å². The number of nitrogens with zero attached hydrogens (tertiary/aromatic N) is 3. The topological polar surface area (TPSA) is 87.6 Å². The summed E-state index contributed by atoms with van der Waals surface area (Å²) in [6.45, 7) is 5.77. The Morgan fingerprint density at radius 3 is 2.42 bits per heavy atom. The Morgan fingerprint density at radius 2 is 1.78 bits per heavy atom. The fourth-order valence-electron chi connectivity index (χ4n) is 5.29. The SMILES string of the molecule is COc1cc2nc(C)nc(N[C@H](C)c3cccc(C(C)O)c3)c2cc1C1CCC(C(=O)N(C)C)CC1. The van der Waals surface area contributed by atoms with E-state index in [-0.39, 0.29) is 17.9 Å². The Labute approximate surface area is 213 Å². The number of carbonyl (C=O) groups is 1. The van der Waals surface area contributed by atoms with Crippen LogP contribution in [0.15, 0.2) is 36.4 Å². The number of amides is 1. The molecule has 4 rings (SSSR count). The molecule has 2 N–H and O–H groups in total. The molecule has 3 aromatic rings. The molecular weight excluding hydrogens is 452 g/mol. The molecule has 0 bridgehead atoms. The van der Waals surface area contributed by atoms with Crippen LogP contribution >= 0.6 is 0 Å². The van der Waals surface area contributed by atoms with Gasteiger partial charge in [0.25, 0.3) is 0 Å². The van der Waals surface area contributed by atoms with Gasteiger partial charge in [-0.1, -0.05) is 24.3 Å². The lowest BCUT2D eigenvalue weighted by molar-refractivity contribution is -0.134. The number of methoxy groups -OCH3 is 1. The van der Waals surface area contributed by atoms with E-state index in [1.165, 1.54) is 0 Å². The van der Waals surface area contributed by atoms with Gasteiger partial charge >= 0.3 is 0 Å². The average molecular weight is 491 g/mol. The van der Waals surface area contributed by atoms with Crippen molar-refractivity contribution in [2.45, 2.75) is 64.5 Å². The number of carbonyl (C=O) groups excluding carboxylic acids is 1. The normalized spacial score (nSPS) is 19.5. The molecule has 1 aliphatic carbocycles. The number of rotatable bonds is 7. The van der Waals surface area contributed by atoms with Crippen molar-refractivity contribution in [1.29, 1.82) is 0 Å². The van der Waals surface area contributed by atoms with Gasteiger partial charge in [0.05, 0.1) is 18.7 Å². The van der Waals surface area contributed by atoms with Gasteiger partial charge in [-0.05, 0) is 75.1 Å². The average Bonchev–Trinajstić information content (AvgIpc) is 2.87. The first kappa shape index (κ1) is 25.9. The number of aliphatic hydroxyl groups excluding tert-OH is 1. The third-order valence-corrected chi connectivity index (χ3v) is 7.36. The van der Waals surface area contributed by atoms with Gasteiger partial charge in [0.1, 0.15) is 17.4 Å². The van der Waals surface area contributed by atoms with Crippen molar-refractivity contribution in [3.05, 3.63) is 58.9 Å². The summed E-state index contributed by atoms with van der Waals surface area (Å²) in [6.07, 6.45) is 3.15. The van der Waals surface area contributed by atoms with Gasteiger partial charge in [-0.2, -0.15) is 0 Å². The number of benzene rings is 2. The lowest BCUT2D eigenvalue weighted by Gasteiger charge is -2.30. The number of hydrogen-bond acceptors (Lipinski definition) is 6. The van der Waals surface area contributed by atoms with Crippen LogP contribution in [-0.2, 0) is 4.79 Å². The third kappa shape index (κ3) is 5.46. The first-order valence-corrected chi connectivity index (χ1v) is 12.8. The molecule has 192 valence electrons. The highest BCUT2D eigenvalue weighted by atomic mass is 16.5. The fourth-order valence-corrected chi connectivity index (χ4v) is 5.29. The van der Waals surface area contributed by atoms with Gasteiger partial charge in [0.2, 0.25) is 5.91 Å². The summed E-state index contributed by atoms with van der Waals surface area (Å²) in [7, 11) is 5.37. The molecule has 0 spiro atoms. The second-order valence-electron chi connectivity index (χ2n) is 10.2. The number of fused-ring (bicyclic) bond motifs is 1. The molecule has 0 aliphatic heterocycles. The molecule has 36 heavy (non-hydrogen) atoms. The van der Waals surface area contributed by atoms with Gasteiger partial charge in [0, 0.05) is 37.5 Å². The molecular formula is C29H38N4O3. The van der Waals surface area contributed by atoms with Gasteiger partial charge in [-0.15, -0.1) is 0 Å². The Bertz CT molecular complexity index is 1230. The van der Waals surface area contributed by atoms with Crippen molar-refractivity contribution in [1.82, 2.24) is 14.9 Å². The largest absolute Gasteiger partial charge is 0.496 e. The smallest absolute Gasteiger partial charge is 0.225 e. The standard InChI is InChI=1S/C29H38N4O3/c1-17(22-8-7-9-23(14-22)18(2)34)30-28-25-15-24(27(36-6)16-26(25)31-19(3)32-28)20-10-12-21(13-11-20)29(35)33(4)5/h7-9,14-18,20-21,34H,10-13H2,1-6H3,(H,30,31,32)/t17-,18?,20?,21?/m1/s1. The van der Waals surface area contributed by atoms with Crippen molar-refractivity contribution in [2.24, 2.45) is 5.92 Å². The van der Waals surface area contributed by atoms with Crippen LogP contribution in [0.4, 0.5) is 5.82 Å². The minimum atomic E-state index is -0.516. The van der Waals surface area contributed by atoms with Gasteiger partial charge < -0.3 is 20.1 Å². The minimum Gasteiger partial charge on any atom is -0.496 e. The Morgan fingerprint density at radius 1 is 1.08 bits per heavy atom. The number of anilines is 1. The summed E-state index contributed by atoms with van der Waals surface area (Å²) >= 11 is 0. The second kappa shape index (κ2) is 10.8.